The average Bonchev–Trinajstić information content (AvgIpc) is 2.94. The van der Waals surface area contributed by atoms with E-state index in [1.165, 1.54) is 0 Å². The van der Waals surface area contributed by atoms with Gasteiger partial charge in [0.05, 0.1) is 12.1 Å². The molecule has 0 spiro atoms. The molecule has 0 amide bonds. The Morgan fingerprint density at radius 3 is 2.82 bits per heavy atom. The average molecular weight is 255 g/mol. The summed E-state index contributed by atoms with van der Waals surface area (Å²) in [4.78, 5) is 0. The Kier molecular flexibility index (Phi) is 4.48. The fourth-order valence-corrected chi connectivity index (χ4v) is 3.23. The van der Waals surface area contributed by atoms with E-state index in [2.05, 4.69) is 36.3 Å². The van der Waals surface area contributed by atoms with Crippen LogP contribution in [-0.2, 0) is 4.74 Å². The minimum Gasteiger partial charge on any atom is -0.368 e. The van der Waals surface area contributed by atoms with Gasteiger partial charge in [0, 0.05) is 0 Å². The molecule has 1 aromatic rings. The summed E-state index contributed by atoms with van der Waals surface area (Å²) in [5.41, 5.74) is 0. The maximum Gasteiger partial charge on any atom is 0.146 e. The molecule has 1 saturated heterocycles. The molecule has 5 heteroatoms. The SMILES string of the molecule is CCNC(CC)c1nnc(C2CCC(C)O2)s1. The molecule has 3 unspecified atom stereocenters. The van der Waals surface area contributed by atoms with Gasteiger partial charge in [-0.15, -0.1) is 10.2 Å². The van der Waals surface area contributed by atoms with Gasteiger partial charge < -0.3 is 10.1 Å². The lowest BCUT2D eigenvalue weighted by Crippen LogP contribution is -2.19. The summed E-state index contributed by atoms with van der Waals surface area (Å²) in [5.74, 6) is 0. The van der Waals surface area contributed by atoms with Crippen LogP contribution >= 0.6 is 11.3 Å². The number of ether oxygens (including phenoxy) is 1. The van der Waals surface area contributed by atoms with Crippen LogP contribution in [0.1, 0.15) is 62.2 Å². The van der Waals surface area contributed by atoms with Crippen LogP contribution in [0.5, 0.6) is 0 Å². The first-order valence-corrected chi connectivity index (χ1v) is 7.28. The van der Waals surface area contributed by atoms with Gasteiger partial charge >= 0.3 is 0 Å². The predicted octanol–water partition coefficient (Wildman–Crippen LogP) is 2.84. The summed E-state index contributed by atoms with van der Waals surface area (Å²) >= 11 is 1.70. The van der Waals surface area contributed by atoms with Crippen molar-refractivity contribution in [2.45, 2.75) is 58.3 Å². The van der Waals surface area contributed by atoms with Crippen LogP contribution in [0.15, 0.2) is 0 Å². The fourth-order valence-electron chi connectivity index (χ4n) is 2.15. The molecule has 1 aliphatic heterocycles. The molecule has 2 heterocycles. The monoisotopic (exact) mass is 255 g/mol. The van der Waals surface area contributed by atoms with Gasteiger partial charge in [0.2, 0.25) is 0 Å². The van der Waals surface area contributed by atoms with Crippen LogP contribution in [0.4, 0.5) is 0 Å². The largest absolute Gasteiger partial charge is 0.368 e. The summed E-state index contributed by atoms with van der Waals surface area (Å²) in [6, 6.07) is 0.338. The number of aromatic nitrogens is 2. The van der Waals surface area contributed by atoms with Gasteiger partial charge in [-0.2, -0.15) is 0 Å². The summed E-state index contributed by atoms with van der Waals surface area (Å²) < 4.78 is 5.82. The Morgan fingerprint density at radius 1 is 1.41 bits per heavy atom. The molecule has 96 valence electrons. The summed E-state index contributed by atoms with van der Waals surface area (Å²) in [7, 11) is 0. The molecule has 0 saturated carbocycles. The zero-order chi connectivity index (χ0) is 12.3. The van der Waals surface area contributed by atoms with Crippen molar-refractivity contribution in [1.82, 2.24) is 15.5 Å². The van der Waals surface area contributed by atoms with Crippen molar-refractivity contribution in [3.63, 3.8) is 0 Å². The number of hydrogen-bond donors (Lipinski definition) is 1. The molecule has 0 radical (unpaired) electrons. The van der Waals surface area contributed by atoms with E-state index in [9.17, 15) is 0 Å². The third kappa shape index (κ3) is 3.03. The van der Waals surface area contributed by atoms with Gasteiger partial charge in [-0.3, -0.25) is 0 Å². The molecule has 17 heavy (non-hydrogen) atoms. The highest BCUT2D eigenvalue weighted by Gasteiger charge is 2.27. The van der Waals surface area contributed by atoms with Gasteiger partial charge in [-0.05, 0) is 32.7 Å². The molecule has 1 fully saturated rings. The lowest BCUT2D eigenvalue weighted by atomic mass is 10.2. The number of nitrogens with zero attached hydrogens (tertiary/aromatic N) is 2. The second-order valence-corrected chi connectivity index (χ2v) is 5.55. The number of hydrogen-bond acceptors (Lipinski definition) is 5. The lowest BCUT2D eigenvalue weighted by Gasteiger charge is -2.11. The van der Waals surface area contributed by atoms with E-state index >= 15 is 0 Å². The smallest absolute Gasteiger partial charge is 0.146 e. The van der Waals surface area contributed by atoms with Gasteiger partial charge in [-0.1, -0.05) is 25.2 Å². The molecule has 1 aromatic heterocycles. The summed E-state index contributed by atoms with van der Waals surface area (Å²) in [6.07, 6.45) is 3.79. The highest BCUT2D eigenvalue weighted by Crippen LogP contribution is 2.35. The van der Waals surface area contributed by atoms with E-state index < -0.39 is 0 Å². The zero-order valence-corrected chi connectivity index (χ0v) is 11.6. The standard InChI is InChI=1S/C12H21N3OS/c1-4-9(13-5-2)11-14-15-12(17-11)10-7-6-8(3)16-10/h8-10,13H,4-7H2,1-3H3. The van der Waals surface area contributed by atoms with Crippen LogP contribution in [0, 0.1) is 0 Å². The maximum atomic E-state index is 5.82. The Bertz CT molecular complexity index is 337. The quantitative estimate of drug-likeness (QED) is 0.879. The van der Waals surface area contributed by atoms with E-state index in [-0.39, 0.29) is 6.10 Å². The van der Waals surface area contributed by atoms with Crippen molar-refractivity contribution in [2.75, 3.05) is 6.54 Å². The molecular weight excluding hydrogens is 234 g/mol. The van der Waals surface area contributed by atoms with Crippen LogP contribution in [0.3, 0.4) is 0 Å². The Balaban J connectivity index is 2.04. The van der Waals surface area contributed by atoms with Crippen molar-refractivity contribution >= 4 is 11.3 Å². The highest BCUT2D eigenvalue weighted by atomic mass is 32.1. The topological polar surface area (TPSA) is 47.0 Å². The second-order valence-electron chi connectivity index (χ2n) is 4.51. The van der Waals surface area contributed by atoms with Crippen molar-refractivity contribution < 1.29 is 4.74 Å². The molecule has 0 bridgehead atoms. The lowest BCUT2D eigenvalue weighted by molar-refractivity contribution is 0.0550. The van der Waals surface area contributed by atoms with Crippen LogP contribution < -0.4 is 5.32 Å². The molecule has 4 nitrogen and oxygen atoms in total. The fraction of sp³-hybridized carbons (Fsp3) is 0.833. The van der Waals surface area contributed by atoms with E-state index in [1.54, 1.807) is 11.3 Å². The van der Waals surface area contributed by atoms with Crippen LogP contribution in [0.2, 0.25) is 0 Å². The Labute approximate surface area is 107 Å². The maximum absolute atomic E-state index is 5.82. The third-order valence-electron chi connectivity index (χ3n) is 3.12. The first-order valence-electron chi connectivity index (χ1n) is 6.46. The predicted molar refractivity (Wildman–Crippen MR) is 69.1 cm³/mol. The first kappa shape index (κ1) is 12.9. The van der Waals surface area contributed by atoms with E-state index in [1.807, 2.05) is 0 Å². The first-order chi connectivity index (χ1) is 8.24. The molecular formula is C12H21N3OS. The van der Waals surface area contributed by atoms with E-state index in [0.717, 1.165) is 35.8 Å². The van der Waals surface area contributed by atoms with Gasteiger partial charge in [-0.25, -0.2) is 0 Å². The van der Waals surface area contributed by atoms with Crippen LogP contribution in [-0.4, -0.2) is 22.8 Å². The Morgan fingerprint density at radius 2 is 2.24 bits per heavy atom. The van der Waals surface area contributed by atoms with Crippen molar-refractivity contribution in [1.29, 1.82) is 0 Å². The molecule has 1 N–H and O–H groups in total. The van der Waals surface area contributed by atoms with Crippen molar-refractivity contribution in [3.05, 3.63) is 10.0 Å². The van der Waals surface area contributed by atoms with Crippen LogP contribution in [0.25, 0.3) is 0 Å². The second kappa shape index (κ2) is 5.89. The molecule has 0 aliphatic carbocycles. The van der Waals surface area contributed by atoms with Crippen molar-refractivity contribution in [2.24, 2.45) is 0 Å². The minimum absolute atomic E-state index is 0.176. The van der Waals surface area contributed by atoms with Crippen molar-refractivity contribution in [3.8, 4) is 0 Å². The third-order valence-corrected chi connectivity index (χ3v) is 4.25. The van der Waals surface area contributed by atoms with Gasteiger partial charge in [0.1, 0.15) is 16.1 Å². The molecule has 3 atom stereocenters. The summed E-state index contributed by atoms with van der Waals surface area (Å²) in [6.45, 7) is 7.37. The number of nitrogens with one attached hydrogen (secondary N) is 1. The number of rotatable bonds is 5. The van der Waals surface area contributed by atoms with E-state index in [4.69, 9.17) is 4.74 Å². The normalized spacial score (nSPS) is 26.3. The minimum atomic E-state index is 0.176. The Hall–Kier alpha value is -0.520. The molecule has 1 aliphatic rings. The zero-order valence-electron chi connectivity index (χ0n) is 10.8. The van der Waals surface area contributed by atoms with Gasteiger partial charge in [0.15, 0.2) is 0 Å². The van der Waals surface area contributed by atoms with Gasteiger partial charge in [0.25, 0.3) is 0 Å². The molecule has 2 rings (SSSR count). The molecule has 0 aromatic carbocycles. The van der Waals surface area contributed by atoms with E-state index in [0.29, 0.717) is 12.1 Å². The summed E-state index contributed by atoms with van der Waals surface area (Å²) in [5, 5.41) is 14.1. The highest BCUT2D eigenvalue weighted by molar-refractivity contribution is 7.11.